The van der Waals surface area contributed by atoms with Crippen LogP contribution < -0.4 is 0 Å². The van der Waals surface area contributed by atoms with Crippen molar-refractivity contribution in [1.29, 1.82) is 0 Å². The third-order valence-electron chi connectivity index (χ3n) is 11.6. The van der Waals surface area contributed by atoms with E-state index < -0.39 is 71.7 Å². The van der Waals surface area contributed by atoms with Gasteiger partial charge >= 0.3 is 261 Å². The first-order valence-corrected chi connectivity index (χ1v) is 21.6. The molecule has 5 aromatic rings. The molecule has 1 N–H and O–H groups in total. The molecule has 0 amide bonds. The number of aliphatic hydroxyl groups excluding tert-OH is 1. The molecule has 0 aliphatic heterocycles. The summed E-state index contributed by atoms with van der Waals surface area (Å²) in [5.41, 5.74) is -6.84. The normalized spacial score (nSPS) is 18.8. The Morgan fingerprint density at radius 1 is 0.742 bits per heavy atom. The molecule has 1 fully saturated rings. The average molecular weight is 1130 g/mol. The average Bonchev–Trinajstić information content (AvgIpc) is 3.58. The number of fused-ring (bicyclic) bond motifs is 4. The minimum Gasteiger partial charge on any atom is 0 e. The second-order valence-corrected chi connectivity index (χ2v) is 18.9. The molecule has 62 heavy (non-hydrogen) atoms. The minimum atomic E-state index is -7.30. The Labute approximate surface area is 372 Å². The van der Waals surface area contributed by atoms with Gasteiger partial charge in [0.1, 0.15) is 0 Å². The molecular weight excluding hydrogens is 1080 g/mol. The number of ketones is 1. The van der Waals surface area contributed by atoms with Crippen molar-refractivity contribution >= 4 is 50.4 Å². The van der Waals surface area contributed by atoms with Crippen molar-refractivity contribution in [3.63, 3.8) is 0 Å². The van der Waals surface area contributed by atoms with E-state index in [0.717, 1.165) is 71.1 Å². The van der Waals surface area contributed by atoms with Crippen LogP contribution >= 0.6 is 0 Å². The molecule has 0 atom stereocenters. The van der Waals surface area contributed by atoms with E-state index in [2.05, 4.69) is 31.8 Å². The van der Waals surface area contributed by atoms with Gasteiger partial charge in [0.15, 0.2) is 5.78 Å². The Bertz CT molecular complexity index is 2440. The van der Waals surface area contributed by atoms with Gasteiger partial charge in [-0.2, -0.15) is 0 Å². The molecule has 0 saturated heterocycles. The van der Waals surface area contributed by atoms with Crippen molar-refractivity contribution in [2.45, 2.75) is 123 Å². The fraction of sp³-hybridized carbons (Fsp3) is 0.478. The number of nitrogens with zero attached hydrogens (tertiary/aromatic N) is 1. The van der Waals surface area contributed by atoms with Crippen LogP contribution in [0.15, 0.2) is 66.6 Å². The van der Waals surface area contributed by atoms with Gasteiger partial charge in [-0.1, -0.05) is 27.7 Å². The van der Waals surface area contributed by atoms with Gasteiger partial charge in [0, 0.05) is 38.0 Å². The van der Waals surface area contributed by atoms with Gasteiger partial charge in [-0.15, -0.1) is 0 Å². The molecule has 3 aromatic carbocycles. The van der Waals surface area contributed by atoms with Crippen molar-refractivity contribution in [1.82, 2.24) is 4.98 Å². The fourth-order valence-corrected chi connectivity index (χ4v) is 10.7. The molecule has 0 unspecified atom stereocenters. The second kappa shape index (κ2) is 17.9. The largest absolute Gasteiger partial charge is 0 e. The van der Waals surface area contributed by atoms with Crippen LogP contribution in [0.4, 0.5) is 48.3 Å². The molecule has 1 radical (unpaired) electrons. The van der Waals surface area contributed by atoms with E-state index >= 15 is 22.0 Å². The maximum atomic E-state index is 16.5. The van der Waals surface area contributed by atoms with Crippen LogP contribution in [0.25, 0.3) is 41.3 Å². The van der Waals surface area contributed by atoms with Crippen molar-refractivity contribution in [3.05, 3.63) is 89.3 Å². The van der Waals surface area contributed by atoms with E-state index in [-0.39, 0.29) is 60.7 Å². The molecule has 341 valence electrons. The first-order chi connectivity index (χ1) is 28.1. The number of aryl methyl sites for hydroxylation is 1. The van der Waals surface area contributed by atoms with Gasteiger partial charge in [-0.3, -0.25) is 4.79 Å². The maximum Gasteiger partial charge on any atom is 0 e. The first-order valence-electron chi connectivity index (χ1n) is 19.9. The zero-order chi connectivity index (χ0) is 45.9. The summed E-state index contributed by atoms with van der Waals surface area (Å²) in [6.45, 7) is 16.2. The Kier molecular flexibility index (Phi) is 14.8. The van der Waals surface area contributed by atoms with Gasteiger partial charge in [-0.25, -0.2) is 0 Å². The predicted molar refractivity (Wildman–Crippen MR) is 217 cm³/mol. The SMILES string of the molecule is CCC(CC)C(=O)/C=C(\O)C(CC)CC.Cc1c(CC(C)(C)C)ccc2c1[se]c1c(-c3[c-]c4ccccc4c(C4(F)C(F)(F)C(F)(F)C(F)(F)C(F)(F)C4(F)F)c3)nccc12.[Ir]. The summed E-state index contributed by atoms with van der Waals surface area (Å²) >= 11 is -0.542. The van der Waals surface area contributed by atoms with E-state index in [1.165, 1.54) is 18.3 Å². The van der Waals surface area contributed by atoms with Crippen molar-refractivity contribution in [3.8, 4) is 11.3 Å². The van der Waals surface area contributed by atoms with Crippen molar-refractivity contribution in [2.24, 2.45) is 17.3 Å². The Balaban J connectivity index is 0.000000453. The monoisotopic (exact) mass is 1130 g/mol. The predicted octanol–water partition coefficient (Wildman–Crippen LogP) is 14.2. The summed E-state index contributed by atoms with van der Waals surface area (Å²) in [6, 6.07) is 12.6. The number of carbonyl (C=O) groups is 1. The number of carbonyl (C=O) groups excluding carboxylic acids is 1. The maximum absolute atomic E-state index is 16.5. The van der Waals surface area contributed by atoms with Gasteiger partial charge in [-0.05, 0) is 25.7 Å². The number of halogens is 11. The second-order valence-electron chi connectivity index (χ2n) is 16.8. The van der Waals surface area contributed by atoms with Gasteiger partial charge in [0.05, 0.1) is 5.76 Å². The fourth-order valence-electron chi connectivity index (χ4n) is 7.88. The van der Waals surface area contributed by atoms with E-state index in [0.29, 0.717) is 9.65 Å². The topological polar surface area (TPSA) is 50.2 Å². The molecule has 3 nitrogen and oxygen atoms in total. The molecule has 16 heteroatoms. The summed E-state index contributed by atoms with van der Waals surface area (Å²) in [5.74, 6) is -35.2. The van der Waals surface area contributed by atoms with Crippen LogP contribution in [0.1, 0.15) is 90.8 Å². The van der Waals surface area contributed by atoms with Crippen LogP contribution in [-0.4, -0.2) is 60.0 Å². The Morgan fingerprint density at radius 3 is 1.79 bits per heavy atom. The van der Waals surface area contributed by atoms with E-state index in [1.54, 1.807) is 6.07 Å². The quantitative estimate of drug-likeness (QED) is 0.0498. The zero-order valence-electron chi connectivity index (χ0n) is 35.2. The van der Waals surface area contributed by atoms with Crippen LogP contribution in [0.2, 0.25) is 0 Å². The summed E-state index contributed by atoms with van der Waals surface area (Å²) in [4.78, 5) is 16.0. The molecule has 1 aliphatic rings. The summed E-state index contributed by atoms with van der Waals surface area (Å²) < 4.78 is 165. The third-order valence-corrected chi connectivity index (χ3v) is 14.4. The number of alkyl halides is 11. The number of benzene rings is 3. The van der Waals surface area contributed by atoms with Gasteiger partial charge < -0.3 is 5.11 Å². The molecule has 0 spiro atoms. The zero-order valence-corrected chi connectivity index (χ0v) is 39.3. The van der Waals surface area contributed by atoms with Crippen LogP contribution in [0.5, 0.6) is 0 Å². The molecule has 2 heterocycles. The van der Waals surface area contributed by atoms with Crippen LogP contribution in [0.3, 0.4) is 0 Å². The molecular formula is C46H47F11IrNO2Se-. The summed E-state index contributed by atoms with van der Waals surface area (Å²) in [7, 11) is 0. The minimum absolute atomic E-state index is 0. The number of aliphatic hydroxyl groups is 1. The molecule has 1 aliphatic carbocycles. The molecule has 6 rings (SSSR count). The van der Waals surface area contributed by atoms with Crippen molar-refractivity contribution < 1.29 is 78.3 Å². The molecule has 1 saturated carbocycles. The number of allylic oxidation sites excluding steroid dienone is 2. The number of rotatable bonds is 10. The van der Waals surface area contributed by atoms with Crippen LogP contribution in [-0.2, 0) is 37.0 Å². The smallest absolute Gasteiger partial charge is 0 e. The summed E-state index contributed by atoms with van der Waals surface area (Å²) in [6.07, 6.45) is 6.95. The molecule has 0 bridgehead atoms. The standard InChI is InChI=1S/C33H23F11NSe.C13H24O2.Ir/c1-16-18(15-27(2,3)4)9-10-21-22-11-12-45-24(26(22)46-25(16)21)19-13-17-7-5-6-8-20(17)23(14-19)28(34)29(35,36)31(39,40)33(43,44)32(41,42)30(28,37)38;1-5-10(6-2)12(14)9-13(15)11(7-3)8-4;/h5-12,14H,15H2,1-4H3;9-11,14H,5-8H2,1-4H3;/q-1;;/b;12-9-;. The van der Waals surface area contributed by atoms with E-state index in [9.17, 15) is 36.2 Å². The molecule has 2 aromatic heterocycles. The van der Waals surface area contributed by atoms with Gasteiger partial charge in [0.25, 0.3) is 0 Å². The first kappa shape index (κ1) is 51.3. The number of hydrogen-bond acceptors (Lipinski definition) is 3. The van der Waals surface area contributed by atoms with Crippen LogP contribution in [0, 0.1) is 30.2 Å². The van der Waals surface area contributed by atoms with E-state index in [1.807, 2.05) is 46.8 Å². The number of hydrogen-bond donors (Lipinski definition) is 1. The third kappa shape index (κ3) is 8.06. The van der Waals surface area contributed by atoms with Gasteiger partial charge in [0.2, 0.25) is 0 Å². The van der Waals surface area contributed by atoms with Crippen molar-refractivity contribution in [2.75, 3.05) is 0 Å². The Morgan fingerprint density at radius 2 is 1.26 bits per heavy atom. The Hall–Kier alpha value is -3.32. The summed E-state index contributed by atoms with van der Waals surface area (Å²) in [5, 5.41) is 9.89. The van der Waals surface area contributed by atoms with E-state index in [4.69, 9.17) is 0 Å². The number of aromatic nitrogens is 1. The number of pyridine rings is 1.